The van der Waals surface area contributed by atoms with Gasteiger partial charge >= 0.3 is 0 Å². The van der Waals surface area contributed by atoms with Gasteiger partial charge in [0, 0.05) is 42.1 Å². The minimum Gasteiger partial charge on any atom is -0.348 e. The number of likely N-dealkylation sites (tertiary alicyclic amines) is 1. The van der Waals surface area contributed by atoms with Crippen molar-refractivity contribution in [2.75, 3.05) is 6.54 Å². The van der Waals surface area contributed by atoms with Crippen molar-refractivity contribution in [2.45, 2.75) is 59.5 Å². The molecule has 1 aliphatic heterocycles. The van der Waals surface area contributed by atoms with Crippen molar-refractivity contribution in [3.8, 4) is 17.2 Å². The molecular formula is C31H34F2N4O3. The Labute approximate surface area is 233 Å². The summed E-state index contributed by atoms with van der Waals surface area (Å²) < 4.78 is 25.6. The molecule has 40 heavy (non-hydrogen) atoms. The molecular weight excluding hydrogens is 514 g/mol. The molecule has 0 unspecified atom stereocenters. The number of hydrogen-bond donors (Lipinski definition) is 1. The third-order valence-corrected chi connectivity index (χ3v) is 6.33. The first-order valence-electron chi connectivity index (χ1n) is 12.5. The van der Waals surface area contributed by atoms with Gasteiger partial charge in [0.2, 0.25) is 11.8 Å². The molecule has 0 spiro atoms. The van der Waals surface area contributed by atoms with Crippen LogP contribution >= 0.6 is 0 Å². The SMILES string of the molecule is C.C=CC(=O)NCc1ccc(-c2cnc3ccc(C)cc3c2C(C)=O)cc1.CCC(=O)N1CC(F)(F)C[C@H]1C#N. The van der Waals surface area contributed by atoms with Crippen LogP contribution in [0.15, 0.2) is 61.3 Å². The van der Waals surface area contributed by atoms with E-state index in [0.717, 1.165) is 38.1 Å². The topological polar surface area (TPSA) is 103 Å². The summed E-state index contributed by atoms with van der Waals surface area (Å²) in [6.07, 6.45) is 2.63. The number of benzene rings is 2. The molecule has 0 bridgehead atoms. The molecule has 2 heterocycles. The van der Waals surface area contributed by atoms with Crippen LogP contribution in [0.1, 0.15) is 55.6 Å². The van der Waals surface area contributed by atoms with Crippen molar-refractivity contribution in [3.63, 3.8) is 0 Å². The van der Waals surface area contributed by atoms with Gasteiger partial charge in [-0.2, -0.15) is 5.26 Å². The van der Waals surface area contributed by atoms with Gasteiger partial charge in [0.05, 0.1) is 18.1 Å². The molecule has 2 amide bonds. The van der Waals surface area contributed by atoms with Gasteiger partial charge in [0.15, 0.2) is 5.78 Å². The van der Waals surface area contributed by atoms with Crippen LogP contribution in [0.2, 0.25) is 0 Å². The van der Waals surface area contributed by atoms with Gasteiger partial charge in [0.25, 0.3) is 5.92 Å². The largest absolute Gasteiger partial charge is 0.348 e. The average Bonchev–Trinajstić information content (AvgIpc) is 3.25. The van der Waals surface area contributed by atoms with E-state index >= 15 is 0 Å². The number of carbonyl (C=O) groups is 3. The Morgan fingerprint density at radius 2 is 1.90 bits per heavy atom. The molecule has 0 aliphatic carbocycles. The number of alkyl halides is 2. The third kappa shape index (κ3) is 7.56. The molecule has 1 aliphatic rings. The first kappa shape index (κ1) is 31.8. The number of hydrogen-bond acceptors (Lipinski definition) is 5. The Balaban J connectivity index is 0.000000339. The Hall–Kier alpha value is -4.45. The number of nitrogens with zero attached hydrogens (tertiary/aromatic N) is 3. The second-order valence-electron chi connectivity index (χ2n) is 9.32. The lowest BCUT2D eigenvalue weighted by molar-refractivity contribution is -0.132. The molecule has 1 N–H and O–H groups in total. The van der Waals surface area contributed by atoms with E-state index in [1.807, 2.05) is 49.4 Å². The predicted octanol–water partition coefficient (Wildman–Crippen LogP) is 6.01. The zero-order valence-corrected chi connectivity index (χ0v) is 22.1. The zero-order valence-electron chi connectivity index (χ0n) is 22.1. The molecule has 3 aromatic rings. The number of aryl methyl sites for hydroxylation is 1. The fourth-order valence-corrected chi connectivity index (χ4v) is 4.37. The van der Waals surface area contributed by atoms with Crippen LogP contribution in [0.4, 0.5) is 8.78 Å². The summed E-state index contributed by atoms with van der Waals surface area (Å²) in [5, 5.41) is 12.2. The highest BCUT2D eigenvalue weighted by Crippen LogP contribution is 2.32. The summed E-state index contributed by atoms with van der Waals surface area (Å²) in [5.41, 5.74) is 5.30. The lowest BCUT2D eigenvalue weighted by atomic mass is 9.94. The normalized spacial score (nSPS) is 15.2. The average molecular weight is 549 g/mol. The summed E-state index contributed by atoms with van der Waals surface area (Å²) in [6.45, 7) is 8.43. The van der Waals surface area contributed by atoms with Crippen LogP contribution in [-0.4, -0.2) is 46.0 Å². The molecule has 0 radical (unpaired) electrons. The van der Waals surface area contributed by atoms with Gasteiger partial charge in [-0.3, -0.25) is 19.4 Å². The number of halogens is 2. The fraction of sp³-hybridized carbons (Fsp3) is 0.323. The van der Waals surface area contributed by atoms with E-state index < -0.39 is 24.9 Å². The van der Waals surface area contributed by atoms with Gasteiger partial charge in [-0.05, 0) is 43.2 Å². The molecule has 1 fully saturated rings. The zero-order chi connectivity index (χ0) is 28.7. The molecule has 7 nitrogen and oxygen atoms in total. The van der Waals surface area contributed by atoms with E-state index in [1.165, 1.54) is 6.08 Å². The minimum atomic E-state index is -2.90. The van der Waals surface area contributed by atoms with Crippen LogP contribution in [0, 0.1) is 18.3 Å². The number of pyridine rings is 1. The second kappa shape index (κ2) is 13.6. The number of Topliss-reactive ketones (excluding diaryl/α,β-unsaturated/α-hetero) is 1. The maximum absolute atomic E-state index is 12.8. The first-order chi connectivity index (χ1) is 18.5. The number of nitrogens with one attached hydrogen (secondary N) is 1. The van der Waals surface area contributed by atoms with Crippen LogP contribution in [0.3, 0.4) is 0 Å². The molecule has 1 atom stereocenters. The Bertz CT molecular complexity index is 1450. The van der Waals surface area contributed by atoms with E-state index in [9.17, 15) is 23.2 Å². The summed E-state index contributed by atoms with van der Waals surface area (Å²) >= 11 is 0. The highest BCUT2D eigenvalue weighted by molar-refractivity contribution is 6.11. The molecule has 1 aromatic heterocycles. The van der Waals surface area contributed by atoms with E-state index in [4.69, 9.17) is 5.26 Å². The van der Waals surface area contributed by atoms with E-state index in [-0.39, 0.29) is 31.4 Å². The lowest BCUT2D eigenvalue weighted by Crippen LogP contribution is -2.35. The summed E-state index contributed by atoms with van der Waals surface area (Å²) in [5.74, 6) is -3.48. The molecule has 2 aromatic carbocycles. The van der Waals surface area contributed by atoms with Gasteiger partial charge < -0.3 is 10.2 Å². The molecule has 9 heteroatoms. The first-order valence-corrected chi connectivity index (χ1v) is 12.5. The van der Waals surface area contributed by atoms with Gasteiger partial charge in [-0.25, -0.2) is 8.78 Å². The Morgan fingerprint density at radius 3 is 2.48 bits per heavy atom. The van der Waals surface area contributed by atoms with E-state index in [2.05, 4.69) is 16.9 Å². The molecule has 0 saturated carbocycles. The highest BCUT2D eigenvalue weighted by atomic mass is 19.3. The maximum atomic E-state index is 12.8. The number of ketones is 1. The van der Waals surface area contributed by atoms with Crippen molar-refractivity contribution < 1.29 is 23.2 Å². The maximum Gasteiger partial charge on any atom is 0.268 e. The van der Waals surface area contributed by atoms with Gasteiger partial charge in [-0.15, -0.1) is 0 Å². The number of carbonyl (C=O) groups excluding carboxylic acids is 3. The molecule has 4 rings (SSSR count). The van der Waals surface area contributed by atoms with Crippen LogP contribution in [0.5, 0.6) is 0 Å². The van der Waals surface area contributed by atoms with Crippen molar-refractivity contribution in [1.82, 2.24) is 15.2 Å². The number of aromatic nitrogens is 1. The van der Waals surface area contributed by atoms with Crippen molar-refractivity contribution >= 4 is 28.5 Å². The standard InChI is InChI=1S/C22H20N2O2.C8H10F2N2O.CH4/c1-4-21(26)24-12-16-6-8-17(9-7-16)19-13-23-20-10-5-14(2)11-18(20)22(19)15(3)25;1-2-7(13)12-5-8(9,10)3-6(12)4-11;/h4-11,13H,1,12H2,2-3H3,(H,24,26);6H,2-3,5H2,1H3;1H4/t;6-;/m.0./s1. The Morgan fingerprint density at radius 1 is 1.23 bits per heavy atom. The Kier molecular flexibility index (Phi) is 10.8. The van der Waals surface area contributed by atoms with E-state index in [1.54, 1.807) is 26.1 Å². The third-order valence-electron chi connectivity index (χ3n) is 6.33. The molecule has 1 saturated heterocycles. The van der Waals surface area contributed by atoms with Crippen molar-refractivity contribution in [2.24, 2.45) is 0 Å². The number of rotatable bonds is 6. The van der Waals surface area contributed by atoms with Crippen LogP contribution < -0.4 is 5.32 Å². The minimum absolute atomic E-state index is 0. The van der Waals surface area contributed by atoms with Crippen LogP contribution in [-0.2, 0) is 16.1 Å². The van der Waals surface area contributed by atoms with Crippen LogP contribution in [0.25, 0.3) is 22.0 Å². The number of fused-ring (bicyclic) bond motifs is 1. The number of amides is 2. The van der Waals surface area contributed by atoms with E-state index in [0.29, 0.717) is 12.1 Å². The number of nitriles is 1. The van der Waals surface area contributed by atoms with Gasteiger partial charge in [-0.1, -0.05) is 56.8 Å². The lowest BCUT2D eigenvalue weighted by Gasteiger charge is -2.17. The van der Waals surface area contributed by atoms with Gasteiger partial charge in [0.1, 0.15) is 6.04 Å². The highest BCUT2D eigenvalue weighted by Gasteiger charge is 2.46. The molecule has 210 valence electrons. The summed E-state index contributed by atoms with van der Waals surface area (Å²) in [6, 6.07) is 14.4. The quantitative estimate of drug-likeness (QED) is 0.300. The summed E-state index contributed by atoms with van der Waals surface area (Å²) in [4.78, 5) is 40.2. The smallest absolute Gasteiger partial charge is 0.268 e. The summed E-state index contributed by atoms with van der Waals surface area (Å²) in [7, 11) is 0. The second-order valence-corrected chi connectivity index (χ2v) is 9.32. The fourth-order valence-electron chi connectivity index (χ4n) is 4.37. The monoisotopic (exact) mass is 548 g/mol. The predicted molar refractivity (Wildman–Crippen MR) is 152 cm³/mol. The van der Waals surface area contributed by atoms with Crippen molar-refractivity contribution in [3.05, 3.63) is 78.0 Å². The van der Waals surface area contributed by atoms with Crippen molar-refractivity contribution in [1.29, 1.82) is 5.26 Å².